The molecule has 1 aliphatic carbocycles. The molecule has 6 rings (SSSR count). The summed E-state index contributed by atoms with van der Waals surface area (Å²) < 4.78 is 46.6. The molecule has 0 bridgehead atoms. The maximum absolute atomic E-state index is 14.3. The van der Waals surface area contributed by atoms with Crippen molar-refractivity contribution in [3.05, 3.63) is 99.2 Å². The molecule has 0 atom stereocenters. The zero-order valence-corrected chi connectivity index (χ0v) is 20.4. The first-order valence-corrected chi connectivity index (χ1v) is 11.9. The van der Waals surface area contributed by atoms with E-state index in [4.69, 9.17) is 0 Å². The Morgan fingerprint density at radius 3 is 2.47 bits per heavy atom. The Labute approximate surface area is 213 Å². The Hall–Kier alpha value is -4.67. The van der Waals surface area contributed by atoms with Crippen molar-refractivity contribution >= 4 is 17.2 Å². The summed E-state index contributed by atoms with van der Waals surface area (Å²) >= 11 is 0. The number of benzene rings is 2. The van der Waals surface area contributed by atoms with Crippen molar-refractivity contribution in [3.8, 4) is 16.9 Å². The van der Waals surface area contributed by atoms with Crippen LogP contribution in [0.3, 0.4) is 0 Å². The third-order valence-electron chi connectivity index (χ3n) is 6.91. The Kier molecular flexibility index (Phi) is 5.26. The average Bonchev–Trinajstić information content (AvgIpc) is 3.41. The van der Waals surface area contributed by atoms with Gasteiger partial charge in [-0.05, 0) is 37.5 Å². The summed E-state index contributed by atoms with van der Waals surface area (Å²) in [6.45, 7) is 1.66. The molecule has 11 heteroatoms. The SMILES string of the molecule is Cc1c(NC(=O)c2cc3nc4c(c(C(F)(F)F)n3n2)CCc2ccccc2-4)c(=O)n(-c2ccccc2)n1C. The van der Waals surface area contributed by atoms with Gasteiger partial charge in [-0.15, -0.1) is 0 Å². The molecular formula is C27H21F3N6O2. The smallest absolute Gasteiger partial charge is 0.314 e. The van der Waals surface area contributed by atoms with Crippen molar-refractivity contribution < 1.29 is 18.0 Å². The standard InChI is InChI=1S/C27H21F3N6O2/c1-15-22(26(38)36(34(15)2)17-9-4-3-5-10-17)32-25(37)20-14-21-31-23-18-11-7-6-8-16(18)12-13-19(23)24(27(28,29)30)35(21)33-20/h3-11,14H,12-13H2,1-2H3,(H,32,37). The van der Waals surface area contributed by atoms with E-state index in [1.807, 2.05) is 18.2 Å². The number of anilines is 1. The quantitative estimate of drug-likeness (QED) is 0.379. The van der Waals surface area contributed by atoms with Gasteiger partial charge in [-0.2, -0.15) is 18.3 Å². The van der Waals surface area contributed by atoms with E-state index in [2.05, 4.69) is 15.4 Å². The van der Waals surface area contributed by atoms with Gasteiger partial charge in [0.15, 0.2) is 17.0 Å². The van der Waals surface area contributed by atoms with Gasteiger partial charge in [0.25, 0.3) is 11.5 Å². The molecule has 3 heterocycles. The van der Waals surface area contributed by atoms with Crippen LogP contribution in [-0.4, -0.2) is 29.9 Å². The van der Waals surface area contributed by atoms with Crippen LogP contribution in [0.2, 0.25) is 0 Å². The van der Waals surface area contributed by atoms with Crippen molar-refractivity contribution in [1.29, 1.82) is 0 Å². The second-order valence-corrected chi connectivity index (χ2v) is 9.13. The second-order valence-electron chi connectivity index (χ2n) is 9.13. The van der Waals surface area contributed by atoms with Crippen LogP contribution >= 0.6 is 0 Å². The highest BCUT2D eigenvalue weighted by atomic mass is 19.4. The van der Waals surface area contributed by atoms with Crippen molar-refractivity contribution in [3.63, 3.8) is 0 Å². The lowest BCUT2D eigenvalue weighted by Gasteiger charge is -2.23. The van der Waals surface area contributed by atoms with Crippen molar-refractivity contribution in [1.82, 2.24) is 24.0 Å². The maximum atomic E-state index is 14.3. The molecule has 1 N–H and O–H groups in total. The van der Waals surface area contributed by atoms with Gasteiger partial charge in [0.1, 0.15) is 5.69 Å². The summed E-state index contributed by atoms with van der Waals surface area (Å²) in [5, 5.41) is 6.54. The molecule has 0 radical (unpaired) electrons. The Morgan fingerprint density at radius 1 is 1.03 bits per heavy atom. The van der Waals surface area contributed by atoms with Gasteiger partial charge in [0.2, 0.25) is 0 Å². The highest BCUT2D eigenvalue weighted by Crippen LogP contribution is 2.40. The number of amides is 1. The molecule has 1 amide bonds. The van der Waals surface area contributed by atoms with E-state index in [0.717, 1.165) is 5.56 Å². The summed E-state index contributed by atoms with van der Waals surface area (Å²) in [4.78, 5) is 30.8. The van der Waals surface area contributed by atoms with Gasteiger partial charge in [0.05, 0.1) is 17.1 Å². The van der Waals surface area contributed by atoms with Gasteiger partial charge < -0.3 is 5.32 Å². The van der Waals surface area contributed by atoms with Crippen LogP contribution in [0.15, 0.2) is 65.5 Å². The molecule has 8 nitrogen and oxygen atoms in total. The number of hydrogen-bond donors (Lipinski definition) is 1. The average molecular weight is 518 g/mol. The number of halogens is 3. The van der Waals surface area contributed by atoms with E-state index < -0.39 is 23.3 Å². The Balaban J connectivity index is 1.45. The predicted octanol–water partition coefficient (Wildman–Crippen LogP) is 4.56. The van der Waals surface area contributed by atoms with Crippen LogP contribution in [0.1, 0.15) is 33.0 Å². The van der Waals surface area contributed by atoms with Gasteiger partial charge in [-0.1, -0.05) is 42.5 Å². The summed E-state index contributed by atoms with van der Waals surface area (Å²) in [5.41, 5.74) is 1.09. The van der Waals surface area contributed by atoms with Crippen LogP contribution in [0.4, 0.5) is 18.9 Å². The van der Waals surface area contributed by atoms with Crippen LogP contribution in [0.5, 0.6) is 0 Å². The minimum atomic E-state index is -4.73. The summed E-state index contributed by atoms with van der Waals surface area (Å²) in [6.07, 6.45) is -4.14. The lowest BCUT2D eigenvalue weighted by atomic mass is 9.88. The molecule has 0 saturated carbocycles. The highest BCUT2D eigenvalue weighted by molar-refractivity contribution is 6.03. The molecule has 5 aromatic rings. The normalized spacial score (nSPS) is 12.9. The molecule has 2 aromatic carbocycles. The number of carbonyl (C=O) groups is 1. The Bertz CT molecular complexity index is 1800. The fourth-order valence-corrected chi connectivity index (χ4v) is 5.02. The number of nitrogens with one attached hydrogen (secondary N) is 1. The van der Waals surface area contributed by atoms with E-state index in [1.54, 1.807) is 55.1 Å². The molecule has 0 aliphatic heterocycles. The number of nitrogens with zero attached hydrogens (tertiary/aromatic N) is 5. The third-order valence-corrected chi connectivity index (χ3v) is 6.91. The number of para-hydroxylation sites is 1. The molecule has 38 heavy (non-hydrogen) atoms. The number of fused-ring (bicyclic) bond motifs is 4. The van der Waals surface area contributed by atoms with E-state index in [0.29, 0.717) is 27.9 Å². The lowest BCUT2D eigenvalue weighted by Crippen LogP contribution is -2.23. The second kappa shape index (κ2) is 8.44. The van der Waals surface area contributed by atoms with E-state index >= 15 is 0 Å². The first kappa shape index (κ1) is 23.7. The third kappa shape index (κ3) is 3.61. The van der Waals surface area contributed by atoms with Crippen molar-refractivity contribution in [2.24, 2.45) is 7.05 Å². The minimum Gasteiger partial charge on any atom is -0.314 e. The molecule has 192 valence electrons. The van der Waals surface area contributed by atoms with Crippen LogP contribution in [0, 0.1) is 6.92 Å². The van der Waals surface area contributed by atoms with Gasteiger partial charge in [-0.3, -0.25) is 14.3 Å². The molecule has 0 fully saturated rings. The van der Waals surface area contributed by atoms with Gasteiger partial charge >= 0.3 is 6.18 Å². The highest BCUT2D eigenvalue weighted by Gasteiger charge is 2.40. The number of aromatic nitrogens is 5. The maximum Gasteiger partial charge on any atom is 0.433 e. The van der Waals surface area contributed by atoms with Crippen LogP contribution < -0.4 is 10.9 Å². The largest absolute Gasteiger partial charge is 0.433 e. The summed E-state index contributed by atoms with van der Waals surface area (Å²) in [7, 11) is 1.67. The number of aryl methyl sites for hydroxylation is 1. The molecule has 0 saturated heterocycles. The predicted molar refractivity (Wildman–Crippen MR) is 135 cm³/mol. The molecule has 0 unspecified atom stereocenters. The fraction of sp³-hybridized carbons (Fsp3) is 0.185. The van der Waals surface area contributed by atoms with Crippen molar-refractivity contribution in [2.75, 3.05) is 5.32 Å². The first-order valence-electron chi connectivity index (χ1n) is 11.9. The van der Waals surface area contributed by atoms with Crippen molar-refractivity contribution in [2.45, 2.75) is 25.9 Å². The molecule has 3 aromatic heterocycles. The number of hydrogen-bond acceptors (Lipinski definition) is 4. The number of alkyl halides is 3. The molecule has 0 spiro atoms. The number of rotatable bonds is 3. The van der Waals surface area contributed by atoms with E-state index in [1.165, 1.54) is 10.7 Å². The molecule has 1 aliphatic rings. The first-order chi connectivity index (χ1) is 18.1. The minimum absolute atomic E-state index is 0.00985. The van der Waals surface area contributed by atoms with E-state index in [-0.39, 0.29) is 34.7 Å². The molecular weight excluding hydrogens is 497 g/mol. The van der Waals surface area contributed by atoms with Crippen LogP contribution in [0.25, 0.3) is 22.6 Å². The monoisotopic (exact) mass is 518 g/mol. The van der Waals surface area contributed by atoms with Crippen LogP contribution in [-0.2, 0) is 26.1 Å². The zero-order valence-electron chi connectivity index (χ0n) is 20.4. The number of carbonyl (C=O) groups excluding carboxylic acids is 1. The Morgan fingerprint density at radius 2 is 1.74 bits per heavy atom. The topological polar surface area (TPSA) is 86.2 Å². The van der Waals surface area contributed by atoms with E-state index in [9.17, 15) is 22.8 Å². The van der Waals surface area contributed by atoms with Gasteiger partial charge in [-0.25, -0.2) is 14.2 Å². The zero-order chi connectivity index (χ0) is 26.8. The van der Waals surface area contributed by atoms with Gasteiger partial charge in [0, 0.05) is 24.2 Å². The summed E-state index contributed by atoms with van der Waals surface area (Å²) in [5.74, 6) is -0.812. The summed E-state index contributed by atoms with van der Waals surface area (Å²) in [6, 6.07) is 17.3. The fourth-order valence-electron chi connectivity index (χ4n) is 5.02. The lowest BCUT2D eigenvalue weighted by molar-refractivity contribution is -0.143.